The third-order valence-electron chi connectivity index (χ3n) is 5.77. The number of aromatic nitrogens is 2. The number of nitrogens with one attached hydrogen (secondary N) is 1. The molecule has 34 heavy (non-hydrogen) atoms. The molecule has 0 fully saturated rings. The third kappa shape index (κ3) is 6.61. The molecule has 176 valence electrons. The minimum absolute atomic E-state index is 0.00769. The smallest absolute Gasteiger partial charge is 0.224 e. The van der Waals surface area contributed by atoms with Crippen LogP contribution >= 0.6 is 11.6 Å². The summed E-state index contributed by atoms with van der Waals surface area (Å²) in [7, 11) is 0. The number of carbonyl (C=O) groups is 1. The average molecular weight is 476 g/mol. The molecule has 0 aliphatic rings. The van der Waals surface area contributed by atoms with Gasteiger partial charge in [0, 0.05) is 18.0 Å². The molecule has 0 bridgehead atoms. The molecule has 0 aliphatic carbocycles. The molecule has 0 unspecified atom stereocenters. The molecule has 0 saturated carbocycles. The molecule has 0 radical (unpaired) electrons. The zero-order chi connectivity index (χ0) is 23.6. The first kappa shape index (κ1) is 23.8. The minimum Gasteiger partial charge on any atom is -0.492 e. The SMILES string of the molecule is O=C(Cc1ccccc1Cl)NCCCCCc1nc2ccccc2n1CCOc1ccccc1. The lowest BCUT2D eigenvalue weighted by molar-refractivity contribution is -0.120. The summed E-state index contributed by atoms with van der Waals surface area (Å²) < 4.78 is 8.18. The third-order valence-corrected chi connectivity index (χ3v) is 6.14. The zero-order valence-corrected chi connectivity index (χ0v) is 20.0. The maximum atomic E-state index is 12.2. The van der Waals surface area contributed by atoms with E-state index in [0.717, 1.165) is 60.4 Å². The van der Waals surface area contributed by atoms with Crippen molar-refractivity contribution < 1.29 is 9.53 Å². The van der Waals surface area contributed by atoms with E-state index in [0.29, 0.717) is 24.6 Å². The molecular formula is C28H30ClN3O2. The van der Waals surface area contributed by atoms with Gasteiger partial charge in [-0.3, -0.25) is 4.79 Å². The topological polar surface area (TPSA) is 56.2 Å². The molecule has 5 nitrogen and oxygen atoms in total. The average Bonchev–Trinajstić information content (AvgIpc) is 3.21. The standard InChI is InChI=1S/C28H30ClN3O2/c29-24-14-7-6-11-22(24)21-28(33)30-18-10-2-5-17-27-31-25-15-8-9-16-26(25)32(27)19-20-34-23-12-3-1-4-13-23/h1,3-4,6-9,11-16H,2,5,10,17-21H2,(H,30,33). The van der Waals surface area contributed by atoms with Gasteiger partial charge >= 0.3 is 0 Å². The van der Waals surface area contributed by atoms with Gasteiger partial charge in [0.25, 0.3) is 0 Å². The molecule has 0 spiro atoms. The monoisotopic (exact) mass is 475 g/mol. The van der Waals surface area contributed by atoms with Crippen LogP contribution in [0.3, 0.4) is 0 Å². The molecule has 3 aromatic carbocycles. The van der Waals surface area contributed by atoms with Crippen molar-refractivity contribution in [3.63, 3.8) is 0 Å². The summed E-state index contributed by atoms with van der Waals surface area (Å²) in [5, 5.41) is 3.63. The molecule has 1 amide bonds. The number of halogens is 1. The van der Waals surface area contributed by atoms with Crippen LogP contribution in [0.15, 0.2) is 78.9 Å². The fourth-order valence-electron chi connectivity index (χ4n) is 4.03. The summed E-state index contributed by atoms with van der Waals surface area (Å²) >= 11 is 6.14. The Morgan fingerprint density at radius 2 is 1.68 bits per heavy atom. The molecule has 0 saturated heterocycles. The fourth-order valence-corrected chi connectivity index (χ4v) is 4.23. The number of hydrogen-bond acceptors (Lipinski definition) is 3. The number of ether oxygens (including phenoxy) is 1. The molecule has 4 rings (SSSR count). The highest BCUT2D eigenvalue weighted by Crippen LogP contribution is 2.19. The second-order valence-electron chi connectivity index (χ2n) is 8.26. The Morgan fingerprint density at radius 3 is 2.53 bits per heavy atom. The minimum atomic E-state index is 0.00769. The van der Waals surface area contributed by atoms with Gasteiger partial charge in [-0.1, -0.05) is 66.6 Å². The number of benzene rings is 3. The Hall–Kier alpha value is -3.31. The fraction of sp³-hybridized carbons (Fsp3) is 0.286. The van der Waals surface area contributed by atoms with Crippen LogP contribution in [0.5, 0.6) is 5.75 Å². The summed E-state index contributed by atoms with van der Waals surface area (Å²) in [6, 6.07) is 25.6. The first-order valence-electron chi connectivity index (χ1n) is 11.8. The van der Waals surface area contributed by atoms with Gasteiger partial charge in [0.1, 0.15) is 18.2 Å². The summed E-state index contributed by atoms with van der Waals surface area (Å²) in [6.45, 7) is 2.02. The molecule has 0 atom stereocenters. The highest BCUT2D eigenvalue weighted by atomic mass is 35.5. The molecule has 6 heteroatoms. The van der Waals surface area contributed by atoms with E-state index in [1.54, 1.807) is 0 Å². The van der Waals surface area contributed by atoms with Gasteiger partial charge in [-0.2, -0.15) is 0 Å². The second kappa shape index (κ2) is 12.2. The van der Waals surface area contributed by atoms with Crippen LogP contribution in [0.2, 0.25) is 5.02 Å². The Labute approximate surface area is 205 Å². The van der Waals surface area contributed by atoms with Crippen LogP contribution in [0, 0.1) is 0 Å². The number of amides is 1. The predicted molar refractivity (Wildman–Crippen MR) is 137 cm³/mol. The van der Waals surface area contributed by atoms with Crippen molar-refractivity contribution in [2.24, 2.45) is 0 Å². The molecule has 0 aliphatic heterocycles. The van der Waals surface area contributed by atoms with E-state index >= 15 is 0 Å². The number of unbranched alkanes of at least 4 members (excludes halogenated alkanes) is 2. The van der Waals surface area contributed by atoms with Gasteiger partial charge in [-0.05, 0) is 48.7 Å². The van der Waals surface area contributed by atoms with Crippen molar-refractivity contribution in [2.45, 2.75) is 38.6 Å². The van der Waals surface area contributed by atoms with E-state index < -0.39 is 0 Å². The summed E-state index contributed by atoms with van der Waals surface area (Å²) in [5.74, 6) is 1.97. The maximum Gasteiger partial charge on any atom is 0.224 e. The van der Waals surface area contributed by atoms with Gasteiger partial charge in [0.2, 0.25) is 5.91 Å². The number of carbonyl (C=O) groups excluding carboxylic acids is 1. The Kier molecular flexibility index (Phi) is 8.58. The van der Waals surface area contributed by atoms with Crippen LogP contribution in [0.25, 0.3) is 11.0 Å². The summed E-state index contributed by atoms with van der Waals surface area (Å²) in [6.07, 6.45) is 4.19. The Balaban J connectivity index is 1.23. The first-order chi connectivity index (χ1) is 16.7. The number of nitrogens with zero attached hydrogens (tertiary/aromatic N) is 2. The van der Waals surface area contributed by atoms with Crippen molar-refractivity contribution in [3.05, 3.63) is 95.3 Å². The highest BCUT2D eigenvalue weighted by molar-refractivity contribution is 6.31. The zero-order valence-electron chi connectivity index (χ0n) is 19.3. The molecule has 1 heterocycles. The van der Waals surface area contributed by atoms with Crippen molar-refractivity contribution in [3.8, 4) is 5.75 Å². The van der Waals surface area contributed by atoms with Gasteiger partial charge in [0.05, 0.1) is 24.0 Å². The van der Waals surface area contributed by atoms with Gasteiger partial charge in [-0.25, -0.2) is 4.98 Å². The highest BCUT2D eigenvalue weighted by Gasteiger charge is 2.11. The number of fused-ring (bicyclic) bond motifs is 1. The number of imidazole rings is 1. The van der Waals surface area contributed by atoms with Crippen LogP contribution in [0.4, 0.5) is 0 Å². The van der Waals surface area contributed by atoms with Crippen molar-refractivity contribution in [1.29, 1.82) is 0 Å². The van der Waals surface area contributed by atoms with Crippen molar-refractivity contribution >= 4 is 28.5 Å². The normalized spacial score (nSPS) is 11.0. The van der Waals surface area contributed by atoms with E-state index in [1.165, 1.54) is 0 Å². The molecular weight excluding hydrogens is 446 g/mol. The Bertz CT molecular complexity index is 1210. The van der Waals surface area contributed by atoms with Crippen LogP contribution < -0.4 is 10.1 Å². The largest absolute Gasteiger partial charge is 0.492 e. The van der Waals surface area contributed by atoms with E-state index in [-0.39, 0.29) is 5.91 Å². The van der Waals surface area contributed by atoms with Crippen molar-refractivity contribution in [1.82, 2.24) is 14.9 Å². The Morgan fingerprint density at radius 1 is 0.912 bits per heavy atom. The lowest BCUT2D eigenvalue weighted by Gasteiger charge is -2.11. The lowest BCUT2D eigenvalue weighted by Crippen LogP contribution is -2.26. The van der Waals surface area contributed by atoms with Gasteiger partial charge < -0.3 is 14.6 Å². The number of para-hydroxylation sites is 3. The van der Waals surface area contributed by atoms with Crippen molar-refractivity contribution in [2.75, 3.05) is 13.2 Å². The molecule has 1 aromatic heterocycles. The van der Waals surface area contributed by atoms with E-state index in [4.69, 9.17) is 21.3 Å². The molecule has 1 N–H and O–H groups in total. The van der Waals surface area contributed by atoms with Gasteiger partial charge in [-0.15, -0.1) is 0 Å². The predicted octanol–water partition coefficient (Wildman–Crippen LogP) is 5.84. The van der Waals surface area contributed by atoms with E-state index in [2.05, 4.69) is 22.0 Å². The van der Waals surface area contributed by atoms with Crippen LogP contribution in [-0.2, 0) is 24.2 Å². The first-order valence-corrected chi connectivity index (χ1v) is 12.2. The van der Waals surface area contributed by atoms with E-state index in [9.17, 15) is 4.79 Å². The summed E-state index contributed by atoms with van der Waals surface area (Å²) in [5.41, 5.74) is 3.02. The quantitative estimate of drug-likeness (QED) is 0.262. The molecule has 4 aromatic rings. The number of aryl methyl sites for hydroxylation is 1. The van der Waals surface area contributed by atoms with Crippen LogP contribution in [-0.4, -0.2) is 28.6 Å². The maximum absolute atomic E-state index is 12.2. The second-order valence-corrected chi connectivity index (χ2v) is 8.67. The van der Waals surface area contributed by atoms with E-state index in [1.807, 2.05) is 66.7 Å². The number of rotatable bonds is 12. The lowest BCUT2D eigenvalue weighted by atomic mass is 10.1. The van der Waals surface area contributed by atoms with Crippen LogP contribution in [0.1, 0.15) is 30.7 Å². The summed E-state index contributed by atoms with van der Waals surface area (Å²) in [4.78, 5) is 17.0. The number of hydrogen-bond donors (Lipinski definition) is 1. The van der Waals surface area contributed by atoms with Gasteiger partial charge in [0.15, 0.2) is 0 Å².